The predicted molar refractivity (Wildman–Crippen MR) is 115 cm³/mol. The highest BCUT2D eigenvalue weighted by molar-refractivity contribution is 8.14. The van der Waals surface area contributed by atoms with Gasteiger partial charge in [0.2, 0.25) is 5.91 Å². The molecule has 1 atom stereocenters. The molecule has 9 nitrogen and oxygen atoms in total. The molecule has 4 rings (SSSR count). The molecule has 11 heteroatoms. The fraction of sp³-hybridized carbons (Fsp3) is 0.200. The maximum Gasteiger partial charge on any atom is 0.289 e. The zero-order valence-corrected chi connectivity index (χ0v) is 17.5. The van der Waals surface area contributed by atoms with Gasteiger partial charge in [-0.2, -0.15) is 5.10 Å². The van der Waals surface area contributed by atoms with Crippen LogP contribution >= 0.6 is 23.4 Å². The van der Waals surface area contributed by atoms with E-state index in [9.17, 15) is 24.5 Å². The summed E-state index contributed by atoms with van der Waals surface area (Å²) in [7, 11) is 0. The van der Waals surface area contributed by atoms with E-state index in [0.29, 0.717) is 22.7 Å². The number of rotatable bonds is 5. The van der Waals surface area contributed by atoms with Crippen molar-refractivity contribution in [2.24, 2.45) is 5.10 Å². The Morgan fingerprint density at radius 3 is 2.42 bits per heavy atom. The SMILES string of the molecule is O=C1CSC(=O)N1CC(=O)N1N=C(c2ccc([N+](=O)[O-])cc2)CC1c1ccc(Cl)cc1. The van der Waals surface area contributed by atoms with Gasteiger partial charge in [0.25, 0.3) is 16.8 Å². The molecule has 2 aromatic carbocycles. The lowest BCUT2D eigenvalue weighted by molar-refractivity contribution is -0.384. The van der Waals surface area contributed by atoms with Crippen molar-refractivity contribution in [3.63, 3.8) is 0 Å². The minimum atomic E-state index is -0.499. The van der Waals surface area contributed by atoms with Crippen LogP contribution in [0.3, 0.4) is 0 Å². The Labute approximate surface area is 185 Å². The first-order valence-electron chi connectivity index (χ1n) is 9.20. The fourth-order valence-electron chi connectivity index (χ4n) is 3.38. The molecule has 0 N–H and O–H groups in total. The number of hydrogen-bond donors (Lipinski definition) is 0. The molecule has 0 spiro atoms. The van der Waals surface area contributed by atoms with Gasteiger partial charge in [-0.25, -0.2) is 5.01 Å². The van der Waals surface area contributed by atoms with Crippen LogP contribution in [-0.2, 0) is 9.59 Å². The average Bonchev–Trinajstić information content (AvgIpc) is 3.34. The first-order valence-corrected chi connectivity index (χ1v) is 10.6. The number of hydrogen-bond acceptors (Lipinski definition) is 7. The highest BCUT2D eigenvalue weighted by Crippen LogP contribution is 2.34. The Morgan fingerprint density at radius 2 is 1.84 bits per heavy atom. The second-order valence-corrected chi connectivity index (χ2v) is 8.26. The smallest absolute Gasteiger partial charge is 0.273 e. The molecule has 2 aliphatic rings. The van der Waals surface area contributed by atoms with E-state index in [1.165, 1.54) is 17.1 Å². The first kappa shape index (κ1) is 21.0. The number of hydrazone groups is 1. The van der Waals surface area contributed by atoms with E-state index in [1.54, 1.807) is 36.4 Å². The summed E-state index contributed by atoms with van der Waals surface area (Å²) >= 11 is 6.84. The maximum absolute atomic E-state index is 13.0. The lowest BCUT2D eigenvalue weighted by atomic mass is 9.98. The van der Waals surface area contributed by atoms with Crippen LogP contribution in [0.25, 0.3) is 0 Å². The molecule has 0 aliphatic carbocycles. The maximum atomic E-state index is 13.0. The normalized spacial score (nSPS) is 18.5. The van der Waals surface area contributed by atoms with Crippen molar-refractivity contribution < 1.29 is 19.3 Å². The van der Waals surface area contributed by atoms with Crippen LogP contribution in [0.4, 0.5) is 10.5 Å². The third kappa shape index (κ3) is 4.30. The second-order valence-electron chi connectivity index (χ2n) is 6.89. The van der Waals surface area contributed by atoms with E-state index in [1.807, 2.05) is 0 Å². The van der Waals surface area contributed by atoms with Gasteiger partial charge in [0.15, 0.2) is 0 Å². The van der Waals surface area contributed by atoms with Crippen LogP contribution < -0.4 is 0 Å². The minimum Gasteiger partial charge on any atom is -0.273 e. The number of thioether (sulfide) groups is 1. The second kappa shape index (κ2) is 8.48. The van der Waals surface area contributed by atoms with Crippen molar-refractivity contribution in [1.29, 1.82) is 0 Å². The molecule has 2 aliphatic heterocycles. The van der Waals surface area contributed by atoms with E-state index in [-0.39, 0.29) is 11.4 Å². The lowest BCUT2D eigenvalue weighted by Gasteiger charge is -2.23. The van der Waals surface area contributed by atoms with E-state index in [0.717, 1.165) is 22.2 Å². The molecule has 3 amide bonds. The van der Waals surface area contributed by atoms with Gasteiger partial charge < -0.3 is 0 Å². The van der Waals surface area contributed by atoms with E-state index < -0.39 is 34.6 Å². The molecule has 1 unspecified atom stereocenters. The van der Waals surface area contributed by atoms with E-state index >= 15 is 0 Å². The van der Waals surface area contributed by atoms with Gasteiger partial charge in [-0.1, -0.05) is 35.5 Å². The number of nitro groups is 1. The average molecular weight is 459 g/mol. The fourth-order valence-corrected chi connectivity index (χ4v) is 4.23. The Balaban J connectivity index is 1.64. The van der Waals surface area contributed by atoms with Gasteiger partial charge in [0, 0.05) is 23.6 Å². The summed E-state index contributed by atoms with van der Waals surface area (Å²) in [5.74, 6) is -0.893. The van der Waals surface area contributed by atoms with Gasteiger partial charge in [-0.05, 0) is 35.4 Å². The van der Waals surface area contributed by atoms with Crippen LogP contribution in [0, 0.1) is 10.1 Å². The molecular formula is C20H15ClN4O5S. The zero-order valence-electron chi connectivity index (χ0n) is 15.9. The highest BCUT2D eigenvalue weighted by Gasteiger charge is 2.37. The topological polar surface area (TPSA) is 113 Å². The van der Waals surface area contributed by atoms with Crippen molar-refractivity contribution >= 4 is 51.8 Å². The number of non-ortho nitro benzene ring substituents is 1. The first-order chi connectivity index (χ1) is 14.8. The van der Waals surface area contributed by atoms with Crippen molar-refractivity contribution in [1.82, 2.24) is 9.91 Å². The zero-order chi connectivity index (χ0) is 22.1. The Hall–Kier alpha value is -3.24. The summed E-state index contributed by atoms with van der Waals surface area (Å²) in [6.45, 7) is -0.397. The van der Waals surface area contributed by atoms with Crippen LogP contribution in [0.15, 0.2) is 53.6 Å². The number of nitrogens with zero attached hydrogens (tertiary/aromatic N) is 4. The van der Waals surface area contributed by atoms with Crippen molar-refractivity contribution in [2.75, 3.05) is 12.3 Å². The van der Waals surface area contributed by atoms with Crippen molar-refractivity contribution in [3.8, 4) is 0 Å². The molecule has 2 aromatic rings. The quantitative estimate of drug-likeness (QED) is 0.499. The molecule has 0 radical (unpaired) electrons. The predicted octanol–water partition coefficient (Wildman–Crippen LogP) is 3.62. The molecule has 0 aromatic heterocycles. The molecule has 2 heterocycles. The number of carbonyl (C=O) groups excluding carboxylic acids is 3. The van der Waals surface area contributed by atoms with Crippen LogP contribution in [0.5, 0.6) is 0 Å². The number of benzene rings is 2. The van der Waals surface area contributed by atoms with E-state index in [2.05, 4.69) is 5.10 Å². The molecule has 1 saturated heterocycles. The Morgan fingerprint density at radius 1 is 1.16 bits per heavy atom. The molecule has 0 bridgehead atoms. The van der Waals surface area contributed by atoms with Gasteiger partial charge >= 0.3 is 0 Å². The van der Waals surface area contributed by atoms with Gasteiger partial charge in [0.05, 0.1) is 22.4 Å². The summed E-state index contributed by atoms with van der Waals surface area (Å²) in [6, 6.07) is 12.4. The molecular weight excluding hydrogens is 444 g/mol. The number of nitro benzene ring substituents is 1. The third-order valence-electron chi connectivity index (χ3n) is 4.97. The number of amides is 3. The monoisotopic (exact) mass is 458 g/mol. The van der Waals surface area contributed by atoms with Crippen molar-refractivity contribution in [2.45, 2.75) is 12.5 Å². The van der Waals surface area contributed by atoms with Gasteiger partial charge in [-0.3, -0.25) is 29.4 Å². The number of imide groups is 1. The van der Waals surface area contributed by atoms with Crippen LogP contribution in [-0.4, -0.2) is 49.9 Å². The molecule has 0 saturated carbocycles. The molecule has 31 heavy (non-hydrogen) atoms. The highest BCUT2D eigenvalue weighted by atomic mass is 35.5. The standard InChI is InChI=1S/C20H15ClN4O5S/c21-14-5-1-13(2-6-14)17-9-16(12-3-7-15(8-4-12)25(29)30)22-24(17)18(26)10-23-19(27)11-31-20(23)28/h1-8,17H,9-11H2. The number of halogens is 1. The Bertz CT molecular complexity index is 1090. The summed E-state index contributed by atoms with van der Waals surface area (Å²) in [5, 5.41) is 16.7. The molecule has 1 fully saturated rings. The number of carbonyl (C=O) groups is 3. The summed E-state index contributed by atoms with van der Waals surface area (Å²) in [4.78, 5) is 48.1. The summed E-state index contributed by atoms with van der Waals surface area (Å²) in [5.41, 5.74) is 1.94. The third-order valence-corrected chi connectivity index (χ3v) is 6.08. The lowest BCUT2D eigenvalue weighted by Crippen LogP contribution is -2.40. The van der Waals surface area contributed by atoms with Crippen molar-refractivity contribution in [3.05, 3.63) is 74.8 Å². The van der Waals surface area contributed by atoms with Crippen LogP contribution in [0.2, 0.25) is 5.02 Å². The summed E-state index contributed by atoms with van der Waals surface area (Å²) in [6.07, 6.45) is 0.363. The largest absolute Gasteiger partial charge is 0.289 e. The summed E-state index contributed by atoms with van der Waals surface area (Å²) < 4.78 is 0. The van der Waals surface area contributed by atoms with Gasteiger partial charge in [0.1, 0.15) is 6.54 Å². The minimum absolute atomic E-state index is 0.0179. The van der Waals surface area contributed by atoms with Gasteiger partial charge in [-0.15, -0.1) is 0 Å². The Kier molecular flexibility index (Phi) is 5.75. The van der Waals surface area contributed by atoms with Crippen LogP contribution in [0.1, 0.15) is 23.6 Å². The molecule has 158 valence electrons. The van der Waals surface area contributed by atoms with E-state index in [4.69, 9.17) is 11.6 Å².